The number of hydrogen-bond donors (Lipinski definition) is 0. The van der Waals surface area contributed by atoms with E-state index in [1.165, 1.54) is 49.8 Å². The number of rotatable bonds is 17. The van der Waals surface area contributed by atoms with Crippen LogP contribution in [0, 0.1) is 0 Å². The second kappa shape index (κ2) is 15.3. The molecule has 0 N–H and O–H groups in total. The Bertz CT molecular complexity index is 1000. The van der Waals surface area contributed by atoms with Gasteiger partial charge in [-0.1, -0.05) is 65.5 Å². The fourth-order valence-corrected chi connectivity index (χ4v) is 7.04. The Hall–Kier alpha value is -1.94. The highest BCUT2D eigenvalue weighted by molar-refractivity contribution is 5.89. The maximum Gasteiger partial charge on any atom is 0.236 e. The first-order valence-electron chi connectivity index (χ1n) is 16.9. The monoisotopic (exact) mass is 547 g/mol. The fourth-order valence-electron chi connectivity index (χ4n) is 7.04. The van der Waals surface area contributed by atoms with E-state index in [2.05, 4.69) is 56.6 Å². The van der Waals surface area contributed by atoms with Crippen LogP contribution in [-0.4, -0.2) is 53.6 Å². The molecular formula is C36H57N3O. The van der Waals surface area contributed by atoms with Crippen LogP contribution in [0.15, 0.2) is 28.9 Å². The smallest absolute Gasteiger partial charge is 0.236 e. The second-order valence-electron chi connectivity index (χ2n) is 13.0. The average molecular weight is 548 g/mol. The van der Waals surface area contributed by atoms with Crippen LogP contribution in [0.1, 0.15) is 146 Å². The van der Waals surface area contributed by atoms with E-state index in [9.17, 15) is 4.79 Å². The maximum atomic E-state index is 13.7. The van der Waals surface area contributed by atoms with Crippen LogP contribution in [0.2, 0.25) is 0 Å². The number of unbranched alkanes of at least 4 members (excludes halogenated alkanes) is 2. The minimum absolute atomic E-state index is 0.339. The molecule has 4 heteroatoms. The molecular weight excluding hydrogens is 490 g/mol. The molecule has 2 fully saturated rings. The lowest BCUT2D eigenvalue weighted by atomic mass is 9.85. The summed E-state index contributed by atoms with van der Waals surface area (Å²) in [5.74, 6) is 1.66. The van der Waals surface area contributed by atoms with Crippen LogP contribution in [0.25, 0.3) is 0 Å². The predicted octanol–water partition coefficient (Wildman–Crippen LogP) is 8.58. The van der Waals surface area contributed by atoms with Crippen molar-refractivity contribution in [3.63, 3.8) is 0 Å². The summed E-state index contributed by atoms with van der Waals surface area (Å²) in [4.78, 5) is 23.1. The number of carbonyl (C=O) groups is 1. The van der Waals surface area contributed by atoms with Gasteiger partial charge in [-0.15, -0.1) is 0 Å². The van der Waals surface area contributed by atoms with Crippen molar-refractivity contribution in [3.8, 4) is 0 Å². The van der Waals surface area contributed by atoms with E-state index in [0.29, 0.717) is 24.4 Å². The SMILES string of the molecule is CCCCN(CCCC)C(=O)CN1CC(c2cc(CCC)c(C3CC3)c(CCC)c2)CC1CCC1=NC=C(C)C1. The van der Waals surface area contributed by atoms with Crippen LogP contribution in [0.5, 0.6) is 0 Å². The van der Waals surface area contributed by atoms with Gasteiger partial charge in [0.05, 0.1) is 6.54 Å². The molecule has 2 aliphatic heterocycles. The first kappa shape index (κ1) is 31.0. The van der Waals surface area contributed by atoms with Gasteiger partial charge >= 0.3 is 0 Å². The summed E-state index contributed by atoms with van der Waals surface area (Å²) in [5, 5.41) is 0. The summed E-state index contributed by atoms with van der Waals surface area (Å²) in [6.07, 6.45) is 18.4. The van der Waals surface area contributed by atoms with Gasteiger partial charge in [-0.2, -0.15) is 0 Å². The lowest BCUT2D eigenvalue weighted by Crippen LogP contribution is -2.43. The number of allylic oxidation sites excluding steroid dienone is 1. The highest BCUT2D eigenvalue weighted by atomic mass is 16.2. The van der Waals surface area contributed by atoms with Gasteiger partial charge < -0.3 is 4.90 Å². The maximum absolute atomic E-state index is 13.7. The zero-order valence-electron chi connectivity index (χ0n) is 26.4. The van der Waals surface area contributed by atoms with Crippen LogP contribution >= 0.6 is 0 Å². The summed E-state index contributed by atoms with van der Waals surface area (Å²) < 4.78 is 0. The molecule has 222 valence electrons. The lowest BCUT2D eigenvalue weighted by molar-refractivity contribution is -0.132. The normalized spacial score (nSPS) is 21.1. The highest BCUT2D eigenvalue weighted by Gasteiger charge is 2.36. The zero-order chi connectivity index (χ0) is 28.5. The molecule has 0 aromatic heterocycles. The second-order valence-corrected chi connectivity index (χ2v) is 13.0. The van der Waals surface area contributed by atoms with E-state index < -0.39 is 0 Å². The third-order valence-corrected chi connectivity index (χ3v) is 9.37. The van der Waals surface area contributed by atoms with Crippen molar-refractivity contribution in [2.24, 2.45) is 4.99 Å². The van der Waals surface area contributed by atoms with Gasteiger partial charge in [-0.3, -0.25) is 14.7 Å². The third-order valence-electron chi connectivity index (χ3n) is 9.37. The Labute approximate surface area is 245 Å². The van der Waals surface area contributed by atoms with Crippen LogP contribution in [0.3, 0.4) is 0 Å². The summed E-state index contributed by atoms with van der Waals surface area (Å²) in [5.41, 5.74) is 9.20. The molecule has 0 bridgehead atoms. The summed E-state index contributed by atoms with van der Waals surface area (Å²) in [6.45, 7) is 14.7. The zero-order valence-corrected chi connectivity index (χ0v) is 26.4. The molecule has 1 saturated heterocycles. The number of nitrogens with zero attached hydrogens (tertiary/aromatic N) is 3. The van der Waals surface area contributed by atoms with Crippen molar-refractivity contribution in [1.29, 1.82) is 0 Å². The predicted molar refractivity (Wildman–Crippen MR) is 171 cm³/mol. The molecule has 3 aliphatic rings. The average Bonchev–Trinajstić information content (AvgIpc) is 3.56. The Kier molecular flexibility index (Phi) is 11.9. The van der Waals surface area contributed by atoms with Crippen molar-refractivity contribution in [2.45, 2.75) is 142 Å². The largest absolute Gasteiger partial charge is 0.342 e. The third kappa shape index (κ3) is 8.30. The number of aliphatic imine (C=N–C) groups is 1. The lowest BCUT2D eigenvalue weighted by Gasteiger charge is -2.28. The van der Waals surface area contributed by atoms with Crippen LogP contribution in [0.4, 0.5) is 0 Å². The number of amides is 1. The van der Waals surface area contributed by atoms with E-state index in [1.54, 1.807) is 22.3 Å². The molecule has 4 nitrogen and oxygen atoms in total. The molecule has 0 spiro atoms. The van der Waals surface area contributed by atoms with E-state index in [0.717, 1.165) is 76.9 Å². The van der Waals surface area contributed by atoms with Gasteiger partial charge in [0.15, 0.2) is 0 Å². The van der Waals surface area contributed by atoms with Gasteiger partial charge in [0.1, 0.15) is 0 Å². The number of hydrogen-bond acceptors (Lipinski definition) is 3. The highest BCUT2D eigenvalue weighted by Crippen LogP contribution is 2.46. The van der Waals surface area contributed by atoms with Gasteiger partial charge in [0.25, 0.3) is 0 Å². The van der Waals surface area contributed by atoms with E-state index >= 15 is 0 Å². The molecule has 1 aromatic carbocycles. The summed E-state index contributed by atoms with van der Waals surface area (Å²) in [6, 6.07) is 5.63. The van der Waals surface area contributed by atoms with Gasteiger partial charge in [-0.05, 0) is 104 Å². The number of carbonyl (C=O) groups excluding carboxylic acids is 1. The van der Waals surface area contributed by atoms with Crippen molar-refractivity contribution < 1.29 is 4.79 Å². The molecule has 0 radical (unpaired) electrons. The van der Waals surface area contributed by atoms with Crippen LogP contribution in [-0.2, 0) is 17.6 Å². The Morgan fingerprint density at radius 3 is 2.10 bits per heavy atom. The Morgan fingerprint density at radius 1 is 0.925 bits per heavy atom. The van der Waals surface area contributed by atoms with Crippen molar-refractivity contribution in [2.75, 3.05) is 26.2 Å². The molecule has 1 aliphatic carbocycles. The fraction of sp³-hybridized carbons (Fsp3) is 0.722. The summed E-state index contributed by atoms with van der Waals surface area (Å²) >= 11 is 0. The quantitative estimate of drug-likeness (QED) is 0.196. The molecule has 1 aromatic rings. The topological polar surface area (TPSA) is 35.9 Å². The van der Waals surface area contributed by atoms with Crippen molar-refractivity contribution >= 4 is 11.6 Å². The molecule has 4 rings (SSSR count). The van der Waals surface area contributed by atoms with Gasteiger partial charge in [-0.25, -0.2) is 0 Å². The number of benzene rings is 1. The van der Waals surface area contributed by atoms with E-state index in [1.807, 2.05) is 6.20 Å². The molecule has 1 amide bonds. The number of likely N-dealkylation sites (tertiary alicyclic amines) is 1. The first-order valence-corrected chi connectivity index (χ1v) is 16.9. The Balaban J connectivity index is 1.54. The van der Waals surface area contributed by atoms with Crippen LogP contribution < -0.4 is 0 Å². The molecule has 1 saturated carbocycles. The molecule has 2 atom stereocenters. The Morgan fingerprint density at radius 2 is 1.57 bits per heavy atom. The molecule has 40 heavy (non-hydrogen) atoms. The van der Waals surface area contributed by atoms with Crippen molar-refractivity contribution in [3.05, 3.63) is 46.2 Å². The minimum atomic E-state index is 0.339. The standard InChI is InChI=1S/C36H57N3O/c1-6-10-18-38(19-11-7-2)35(40)26-39-25-32(23-34(39)17-16-33-20-27(5)24-37-33)31-21-29(12-8-3)36(28-14-15-28)30(22-31)13-9-4/h21-22,24,28,32,34H,6-20,23,25-26H2,1-5H3. The van der Waals surface area contributed by atoms with E-state index in [4.69, 9.17) is 4.99 Å². The summed E-state index contributed by atoms with van der Waals surface area (Å²) in [7, 11) is 0. The molecule has 2 unspecified atom stereocenters. The first-order chi connectivity index (χ1) is 19.5. The van der Waals surface area contributed by atoms with E-state index in [-0.39, 0.29) is 0 Å². The number of aryl methyl sites for hydroxylation is 2. The minimum Gasteiger partial charge on any atom is -0.342 e. The van der Waals surface area contributed by atoms with Gasteiger partial charge in [0, 0.05) is 44.0 Å². The molecule has 2 heterocycles. The van der Waals surface area contributed by atoms with Crippen molar-refractivity contribution in [1.82, 2.24) is 9.80 Å². The van der Waals surface area contributed by atoms with Gasteiger partial charge in [0.2, 0.25) is 5.91 Å².